The molecule has 1 aliphatic heterocycles. The summed E-state index contributed by atoms with van der Waals surface area (Å²) < 4.78 is 0. The molecule has 1 aromatic carbocycles. The summed E-state index contributed by atoms with van der Waals surface area (Å²) in [6.45, 7) is 6.94. The number of hydrogen-bond donors (Lipinski definition) is 1. The van der Waals surface area contributed by atoms with Crippen LogP contribution in [0.3, 0.4) is 0 Å². The topological polar surface area (TPSA) is 56.1 Å². The van der Waals surface area contributed by atoms with Gasteiger partial charge in [0.15, 0.2) is 0 Å². The van der Waals surface area contributed by atoms with Crippen LogP contribution in [0.25, 0.3) is 0 Å². The summed E-state index contributed by atoms with van der Waals surface area (Å²) in [6, 6.07) is 9.03. The van der Waals surface area contributed by atoms with Crippen LogP contribution in [-0.4, -0.2) is 30.4 Å². The van der Waals surface area contributed by atoms with Crippen LogP contribution in [0.15, 0.2) is 24.3 Å². The van der Waals surface area contributed by atoms with E-state index in [2.05, 4.69) is 30.1 Å². The molecule has 4 heteroatoms. The Morgan fingerprint density at radius 1 is 1.33 bits per heavy atom. The van der Waals surface area contributed by atoms with Crippen LogP contribution in [0, 0.1) is 16.7 Å². The zero-order chi connectivity index (χ0) is 15.3. The van der Waals surface area contributed by atoms with Gasteiger partial charge >= 0.3 is 0 Å². The number of carbonyl (C=O) groups is 1. The van der Waals surface area contributed by atoms with Crippen molar-refractivity contribution in [2.75, 3.05) is 25.0 Å². The molecule has 0 unspecified atom stereocenters. The molecular formula is C17H23N3O. The zero-order valence-electron chi connectivity index (χ0n) is 12.9. The quantitative estimate of drug-likeness (QED) is 0.904. The van der Waals surface area contributed by atoms with E-state index in [1.165, 1.54) is 19.3 Å². The Morgan fingerprint density at radius 3 is 2.52 bits per heavy atom. The van der Waals surface area contributed by atoms with E-state index in [0.717, 1.165) is 18.8 Å². The molecule has 1 aromatic rings. The first-order chi connectivity index (χ1) is 10.1. The number of nitriles is 1. The number of rotatable bonds is 5. The molecule has 0 atom stereocenters. The molecule has 4 nitrogen and oxygen atoms in total. The van der Waals surface area contributed by atoms with Gasteiger partial charge in [0.1, 0.15) is 0 Å². The van der Waals surface area contributed by atoms with Crippen molar-refractivity contribution in [3.63, 3.8) is 0 Å². The number of nitrogens with one attached hydrogen (secondary N) is 1. The molecule has 0 radical (unpaired) electrons. The van der Waals surface area contributed by atoms with E-state index >= 15 is 0 Å². The van der Waals surface area contributed by atoms with Crippen molar-refractivity contribution in [1.29, 1.82) is 5.26 Å². The Kier molecular flexibility index (Phi) is 4.98. The van der Waals surface area contributed by atoms with Crippen LogP contribution in [0.2, 0.25) is 0 Å². The van der Waals surface area contributed by atoms with Crippen molar-refractivity contribution in [3.05, 3.63) is 29.8 Å². The maximum absolute atomic E-state index is 12.1. The van der Waals surface area contributed by atoms with E-state index in [1.54, 1.807) is 24.3 Å². The molecule has 1 saturated heterocycles. The number of nitrogens with zero attached hydrogens (tertiary/aromatic N) is 2. The molecule has 0 saturated carbocycles. The highest BCUT2D eigenvalue weighted by atomic mass is 16.2. The third-order valence-corrected chi connectivity index (χ3v) is 4.68. The standard InChI is InChI=1S/C17H23N3O/c1-3-17(4-2)9-10-20(13-17)12-16(21)19-15-7-5-14(11-18)6-8-15/h5-8H,3-4,9-10,12-13H2,1-2H3,(H,19,21). The smallest absolute Gasteiger partial charge is 0.238 e. The van der Waals surface area contributed by atoms with Crippen molar-refractivity contribution >= 4 is 11.6 Å². The first-order valence-corrected chi connectivity index (χ1v) is 7.63. The summed E-state index contributed by atoms with van der Waals surface area (Å²) >= 11 is 0. The Balaban J connectivity index is 1.86. The number of carbonyl (C=O) groups excluding carboxylic acids is 1. The predicted molar refractivity (Wildman–Crippen MR) is 83.9 cm³/mol. The van der Waals surface area contributed by atoms with Gasteiger partial charge in [-0.3, -0.25) is 9.69 Å². The second-order valence-corrected chi connectivity index (χ2v) is 5.91. The molecule has 21 heavy (non-hydrogen) atoms. The van der Waals surface area contributed by atoms with Gasteiger partial charge in [0.2, 0.25) is 5.91 Å². The molecule has 1 fully saturated rings. The Hall–Kier alpha value is -1.86. The lowest BCUT2D eigenvalue weighted by atomic mass is 9.82. The third-order valence-electron chi connectivity index (χ3n) is 4.68. The summed E-state index contributed by atoms with van der Waals surface area (Å²) in [5, 5.41) is 11.6. The van der Waals surface area contributed by atoms with Gasteiger partial charge in [0, 0.05) is 12.2 Å². The van der Waals surface area contributed by atoms with Crippen LogP contribution < -0.4 is 5.32 Å². The van der Waals surface area contributed by atoms with Gasteiger partial charge in [-0.2, -0.15) is 5.26 Å². The van der Waals surface area contributed by atoms with E-state index in [-0.39, 0.29) is 5.91 Å². The Morgan fingerprint density at radius 2 is 2.00 bits per heavy atom. The SMILES string of the molecule is CCC1(CC)CCN(CC(=O)Nc2ccc(C#N)cc2)C1. The van der Waals surface area contributed by atoms with Gasteiger partial charge in [-0.25, -0.2) is 0 Å². The van der Waals surface area contributed by atoms with Crippen LogP contribution in [0.1, 0.15) is 38.7 Å². The van der Waals surface area contributed by atoms with Crippen molar-refractivity contribution in [2.45, 2.75) is 33.1 Å². The highest BCUT2D eigenvalue weighted by molar-refractivity contribution is 5.92. The zero-order valence-corrected chi connectivity index (χ0v) is 12.9. The molecule has 1 N–H and O–H groups in total. The molecule has 0 aliphatic carbocycles. The lowest BCUT2D eigenvalue weighted by Crippen LogP contribution is -2.33. The molecule has 0 bridgehead atoms. The van der Waals surface area contributed by atoms with Gasteiger partial charge < -0.3 is 5.32 Å². The maximum atomic E-state index is 12.1. The molecule has 1 aliphatic rings. The van der Waals surface area contributed by atoms with E-state index in [9.17, 15) is 4.79 Å². The van der Waals surface area contributed by atoms with Crippen molar-refractivity contribution in [2.24, 2.45) is 5.41 Å². The number of anilines is 1. The second-order valence-electron chi connectivity index (χ2n) is 5.91. The van der Waals surface area contributed by atoms with E-state index < -0.39 is 0 Å². The molecule has 1 heterocycles. The fraction of sp³-hybridized carbons (Fsp3) is 0.529. The molecule has 112 valence electrons. The average molecular weight is 285 g/mol. The first-order valence-electron chi connectivity index (χ1n) is 7.63. The number of amides is 1. The van der Waals surface area contributed by atoms with Gasteiger partial charge in [0.25, 0.3) is 0 Å². The van der Waals surface area contributed by atoms with Gasteiger partial charge in [-0.15, -0.1) is 0 Å². The van der Waals surface area contributed by atoms with Crippen LogP contribution >= 0.6 is 0 Å². The van der Waals surface area contributed by atoms with Crippen molar-refractivity contribution in [1.82, 2.24) is 4.90 Å². The fourth-order valence-electron chi connectivity index (χ4n) is 3.02. The number of likely N-dealkylation sites (tertiary alicyclic amines) is 1. The van der Waals surface area contributed by atoms with Crippen molar-refractivity contribution in [3.8, 4) is 6.07 Å². The lowest BCUT2D eigenvalue weighted by molar-refractivity contribution is -0.117. The Bertz CT molecular complexity index is 526. The van der Waals surface area contributed by atoms with E-state index in [1.807, 2.05) is 0 Å². The monoisotopic (exact) mass is 285 g/mol. The minimum absolute atomic E-state index is 0.0164. The second kappa shape index (κ2) is 6.73. The average Bonchev–Trinajstić information content (AvgIpc) is 2.92. The van der Waals surface area contributed by atoms with Crippen LogP contribution in [0.5, 0.6) is 0 Å². The Labute approximate surface area is 126 Å². The number of hydrogen-bond acceptors (Lipinski definition) is 3. The summed E-state index contributed by atoms with van der Waals surface area (Å²) in [7, 11) is 0. The van der Waals surface area contributed by atoms with Crippen LogP contribution in [-0.2, 0) is 4.79 Å². The molecule has 0 spiro atoms. The molecule has 2 rings (SSSR count). The van der Waals surface area contributed by atoms with Crippen LogP contribution in [0.4, 0.5) is 5.69 Å². The molecular weight excluding hydrogens is 262 g/mol. The van der Waals surface area contributed by atoms with Gasteiger partial charge in [0.05, 0.1) is 18.2 Å². The highest BCUT2D eigenvalue weighted by Crippen LogP contribution is 2.36. The fourth-order valence-corrected chi connectivity index (χ4v) is 3.02. The largest absolute Gasteiger partial charge is 0.325 e. The third kappa shape index (κ3) is 3.83. The minimum atomic E-state index is 0.0164. The lowest BCUT2D eigenvalue weighted by Gasteiger charge is -2.26. The first kappa shape index (κ1) is 15.5. The summed E-state index contributed by atoms with van der Waals surface area (Å²) in [5.41, 5.74) is 1.74. The normalized spacial score (nSPS) is 17.4. The summed E-state index contributed by atoms with van der Waals surface area (Å²) in [5.74, 6) is 0.0164. The summed E-state index contributed by atoms with van der Waals surface area (Å²) in [6.07, 6.45) is 3.54. The predicted octanol–water partition coefficient (Wildman–Crippen LogP) is 3.01. The van der Waals surface area contributed by atoms with Crippen molar-refractivity contribution < 1.29 is 4.79 Å². The van der Waals surface area contributed by atoms with E-state index in [4.69, 9.17) is 5.26 Å². The number of benzene rings is 1. The molecule has 1 amide bonds. The van der Waals surface area contributed by atoms with Gasteiger partial charge in [-0.1, -0.05) is 13.8 Å². The molecule has 0 aromatic heterocycles. The summed E-state index contributed by atoms with van der Waals surface area (Å²) in [4.78, 5) is 14.3. The minimum Gasteiger partial charge on any atom is -0.325 e. The highest BCUT2D eigenvalue weighted by Gasteiger charge is 2.35. The van der Waals surface area contributed by atoms with E-state index in [0.29, 0.717) is 17.5 Å². The van der Waals surface area contributed by atoms with Gasteiger partial charge in [-0.05, 0) is 55.5 Å². The maximum Gasteiger partial charge on any atom is 0.238 e.